The first-order chi connectivity index (χ1) is 12.6. The van der Waals surface area contributed by atoms with E-state index in [0.717, 1.165) is 55.6 Å². The van der Waals surface area contributed by atoms with Gasteiger partial charge in [0.05, 0.1) is 5.39 Å². The van der Waals surface area contributed by atoms with Crippen LogP contribution in [0.4, 0.5) is 0 Å². The maximum absolute atomic E-state index is 13.4. The summed E-state index contributed by atoms with van der Waals surface area (Å²) in [6.07, 6.45) is 6.95. The molecule has 140 valence electrons. The van der Waals surface area contributed by atoms with E-state index in [1.54, 1.807) is 6.20 Å². The maximum atomic E-state index is 13.4. The second-order valence-electron chi connectivity index (χ2n) is 7.62. The third-order valence-electron chi connectivity index (χ3n) is 5.76. The molecular weight excluding hydrogens is 348 g/mol. The first-order valence-electron chi connectivity index (χ1n) is 9.53. The summed E-state index contributed by atoms with van der Waals surface area (Å²) in [6, 6.07) is 2.13. The number of rotatable bonds is 2. The molecule has 2 aliphatic rings. The Labute approximate surface area is 156 Å². The van der Waals surface area contributed by atoms with E-state index >= 15 is 0 Å². The molecule has 3 heterocycles. The minimum Gasteiger partial charge on any atom is -0.328 e. The van der Waals surface area contributed by atoms with Crippen molar-refractivity contribution in [2.75, 3.05) is 11.5 Å². The molecule has 6 nitrogen and oxygen atoms in total. The molecule has 2 fully saturated rings. The van der Waals surface area contributed by atoms with Gasteiger partial charge in [-0.2, -0.15) is 11.8 Å². The SMILES string of the molecule is Cc1cnc2c(c1)c(=O)n([C@H]1CC[C@@H](N)CC1)c(=O)n2C1CCSCC1. The Morgan fingerprint density at radius 3 is 2.38 bits per heavy atom. The van der Waals surface area contributed by atoms with Crippen LogP contribution >= 0.6 is 11.8 Å². The Bertz CT molecular complexity index is 922. The van der Waals surface area contributed by atoms with Gasteiger partial charge in [0.25, 0.3) is 5.56 Å². The molecule has 4 rings (SSSR count). The van der Waals surface area contributed by atoms with Gasteiger partial charge in [-0.15, -0.1) is 0 Å². The van der Waals surface area contributed by atoms with Crippen LogP contribution < -0.4 is 17.0 Å². The molecule has 0 radical (unpaired) electrons. The van der Waals surface area contributed by atoms with Crippen molar-refractivity contribution in [3.63, 3.8) is 0 Å². The largest absolute Gasteiger partial charge is 0.333 e. The lowest BCUT2D eigenvalue weighted by atomic mass is 9.91. The fraction of sp³-hybridized carbons (Fsp3) is 0.632. The minimum absolute atomic E-state index is 0.0519. The van der Waals surface area contributed by atoms with Gasteiger partial charge >= 0.3 is 5.69 Å². The number of fused-ring (bicyclic) bond motifs is 1. The van der Waals surface area contributed by atoms with Crippen LogP contribution in [0.15, 0.2) is 21.9 Å². The average molecular weight is 375 g/mol. The van der Waals surface area contributed by atoms with Gasteiger partial charge in [-0.05, 0) is 68.6 Å². The second kappa shape index (κ2) is 7.19. The van der Waals surface area contributed by atoms with E-state index < -0.39 is 0 Å². The van der Waals surface area contributed by atoms with E-state index in [4.69, 9.17) is 5.73 Å². The molecule has 2 N–H and O–H groups in total. The highest BCUT2D eigenvalue weighted by Gasteiger charge is 2.28. The van der Waals surface area contributed by atoms with Gasteiger partial charge in [0, 0.05) is 24.3 Å². The molecule has 0 spiro atoms. The lowest BCUT2D eigenvalue weighted by Crippen LogP contribution is -2.45. The van der Waals surface area contributed by atoms with Gasteiger partial charge < -0.3 is 5.73 Å². The fourth-order valence-corrected chi connectivity index (χ4v) is 5.37. The minimum atomic E-state index is -0.192. The Balaban J connectivity index is 1.93. The molecule has 0 unspecified atom stereocenters. The summed E-state index contributed by atoms with van der Waals surface area (Å²) in [6.45, 7) is 1.93. The fourth-order valence-electron chi connectivity index (χ4n) is 4.29. The quantitative estimate of drug-likeness (QED) is 0.873. The monoisotopic (exact) mass is 374 g/mol. The van der Waals surface area contributed by atoms with Crippen molar-refractivity contribution in [2.24, 2.45) is 5.73 Å². The van der Waals surface area contributed by atoms with Crippen LogP contribution in [0.25, 0.3) is 11.0 Å². The predicted molar refractivity (Wildman–Crippen MR) is 106 cm³/mol. The number of nitrogens with two attached hydrogens (primary N) is 1. The molecule has 1 saturated carbocycles. The molecule has 1 aliphatic carbocycles. The van der Waals surface area contributed by atoms with Crippen molar-refractivity contribution in [1.82, 2.24) is 14.1 Å². The number of nitrogens with zero attached hydrogens (tertiary/aromatic N) is 3. The molecule has 1 saturated heterocycles. The topological polar surface area (TPSA) is 82.9 Å². The Hall–Kier alpha value is -1.60. The van der Waals surface area contributed by atoms with Gasteiger partial charge in [0.15, 0.2) is 0 Å². The van der Waals surface area contributed by atoms with Crippen molar-refractivity contribution in [1.29, 1.82) is 0 Å². The molecule has 0 atom stereocenters. The van der Waals surface area contributed by atoms with Crippen LogP contribution in [-0.4, -0.2) is 31.7 Å². The molecule has 0 bridgehead atoms. The summed E-state index contributed by atoms with van der Waals surface area (Å²) in [4.78, 5) is 31.1. The lowest BCUT2D eigenvalue weighted by molar-refractivity contribution is 0.301. The van der Waals surface area contributed by atoms with Crippen LogP contribution in [0.1, 0.15) is 56.2 Å². The zero-order valence-electron chi connectivity index (χ0n) is 15.2. The maximum Gasteiger partial charge on any atom is 0.333 e. The van der Waals surface area contributed by atoms with E-state index in [-0.39, 0.29) is 29.4 Å². The van der Waals surface area contributed by atoms with E-state index in [1.807, 2.05) is 29.3 Å². The summed E-state index contributed by atoms with van der Waals surface area (Å²) in [7, 11) is 0. The highest BCUT2D eigenvalue weighted by atomic mass is 32.2. The van der Waals surface area contributed by atoms with Crippen molar-refractivity contribution in [2.45, 2.75) is 63.6 Å². The van der Waals surface area contributed by atoms with Crippen molar-refractivity contribution >= 4 is 22.8 Å². The van der Waals surface area contributed by atoms with Crippen molar-refractivity contribution < 1.29 is 0 Å². The first-order valence-corrected chi connectivity index (χ1v) is 10.7. The van der Waals surface area contributed by atoms with Crippen molar-refractivity contribution in [3.05, 3.63) is 38.7 Å². The number of hydrogen-bond donors (Lipinski definition) is 1. The van der Waals surface area contributed by atoms with Gasteiger partial charge in [0.1, 0.15) is 5.65 Å². The van der Waals surface area contributed by atoms with Crippen LogP contribution in [-0.2, 0) is 0 Å². The Morgan fingerprint density at radius 1 is 1.04 bits per heavy atom. The Morgan fingerprint density at radius 2 is 1.69 bits per heavy atom. The number of aryl methyl sites for hydroxylation is 1. The van der Waals surface area contributed by atoms with Gasteiger partial charge in [0.2, 0.25) is 0 Å². The van der Waals surface area contributed by atoms with Gasteiger partial charge in [-0.1, -0.05) is 0 Å². The average Bonchev–Trinajstić information content (AvgIpc) is 2.65. The summed E-state index contributed by atoms with van der Waals surface area (Å²) in [5.74, 6) is 2.09. The molecular formula is C19H26N4O2S. The number of aromatic nitrogens is 3. The highest BCUT2D eigenvalue weighted by molar-refractivity contribution is 7.99. The Kier molecular flexibility index (Phi) is 4.92. The molecule has 7 heteroatoms. The van der Waals surface area contributed by atoms with E-state index in [1.165, 1.54) is 4.57 Å². The summed E-state index contributed by atoms with van der Waals surface area (Å²) < 4.78 is 3.32. The number of pyridine rings is 1. The number of hydrogen-bond acceptors (Lipinski definition) is 5. The summed E-state index contributed by atoms with van der Waals surface area (Å²) in [5, 5.41) is 0.567. The smallest absolute Gasteiger partial charge is 0.328 e. The van der Waals surface area contributed by atoms with Crippen LogP contribution in [0.5, 0.6) is 0 Å². The van der Waals surface area contributed by atoms with Gasteiger partial charge in [-0.3, -0.25) is 13.9 Å². The molecule has 2 aromatic heterocycles. The highest BCUT2D eigenvalue weighted by Crippen LogP contribution is 2.29. The third kappa shape index (κ3) is 3.11. The standard InChI is InChI=1S/C19H26N4O2S/c1-12-10-16-17(21-11-12)22(15-6-8-26-9-7-15)19(25)23(18(16)24)14-4-2-13(20)3-5-14/h10-11,13-15H,2-9,20H2,1H3/t13-,14+. The lowest BCUT2D eigenvalue weighted by Gasteiger charge is -2.30. The third-order valence-corrected chi connectivity index (χ3v) is 6.80. The molecule has 26 heavy (non-hydrogen) atoms. The molecule has 0 aromatic carbocycles. The zero-order chi connectivity index (χ0) is 18.3. The van der Waals surface area contributed by atoms with E-state index in [9.17, 15) is 9.59 Å². The zero-order valence-corrected chi connectivity index (χ0v) is 16.0. The normalized spacial score (nSPS) is 24.8. The van der Waals surface area contributed by atoms with E-state index in [2.05, 4.69) is 4.98 Å². The molecule has 0 amide bonds. The van der Waals surface area contributed by atoms with Crippen molar-refractivity contribution in [3.8, 4) is 0 Å². The predicted octanol–water partition coefficient (Wildman–Crippen LogP) is 2.38. The van der Waals surface area contributed by atoms with Crippen LogP contribution in [0, 0.1) is 6.92 Å². The van der Waals surface area contributed by atoms with Gasteiger partial charge in [-0.25, -0.2) is 9.78 Å². The van der Waals surface area contributed by atoms with Crippen LogP contribution in [0.2, 0.25) is 0 Å². The number of thioether (sulfide) groups is 1. The summed E-state index contributed by atoms with van der Waals surface area (Å²) in [5.41, 5.74) is 7.14. The summed E-state index contributed by atoms with van der Waals surface area (Å²) >= 11 is 1.92. The van der Waals surface area contributed by atoms with E-state index in [0.29, 0.717) is 11.0 Å². The molecule has 2 aromatic rings. The molecule has 1 aliphatic heterocycles. The first kappa shape index (κ1) is 17.8. The van der Waals surface area contributed by atoms with Crippen LogP contribution in [0.3, 0.4) is 0 Å². The second-order valence-corrected chi connectivity index (χ2v) is 8.85.